The highest BCUT2D eigenvalue weighted by molar-refractivity contribution is 6.33. The third kappa shape index (κ3) is 2.72. The van der Waals surface area contributed by atoms with E-state index in [4.69, 9.17) is 16.7 Å². The molecule has 1 aromatic rings. The van der Waals surface area contributed by atoms with Crippen molar-refractivity contribution in [2.75, 3.05) is 11.9 Å². The summed E-state index contributed by atoms with van der Waals surface area (Å²) in [7, 11) is 0. The zero-order valence-electron chi connectivity index (χ0n) is 6.92. The van der Waals surface area contributed by atoms with Crippen molar-refractivity contribution >= 4 is 17.3 Å². The maximum atomic E-state index is 9.00. The van der Waals surface area contributed by atoms with Gasteiger partial charge in [0.25, 0.3) is 0 Å². The van der Waals surface area contributed by atoms with E-state index in [9.17, 15) is 0 Å². The average molecular weight is 186 g/mol. The molecule has 3 heteroatoms. The van der Waals surface area contributed by atoms with Crippen LogP contribution in [0.4, 0.5) is 5.69 Å². The van der Waals surface area contributed by atoms with Crippen LogP contribution in [0.3, 0.4) is 0 Å². The largest absolute Gasteiger partial charge is 0.392 e. The SMILES string of the molecule is C[C@H](O)CNc1ccccc1Cl. The Morgan fingerprint density at radius 3 is 2.75 bits per heavy atom. The summed E-state index contributed by atoms with van der Waals surface area (Å²) in [5.74, 6) is 0. The first-order valence-electron chi connectivity index (χ1n) is 3.86. The van der Waals surface area contributed by atoms with Crippen molar-refractivity contribution in [1.82, 2.24) is 0 Å². The lowest BCUT2D eigenvalue weighted by atomic mass is 10.3. The highest BCUT2D eigenvalue weighted by atomic mass is 35.5. The van der Waals surface area contributed by atoms with Crippen molar-refractivity contribution in [1.29, 1.82) is 0 Å². The Balaban J connectivity index is 2.57. The molecule has 66 valence electrons. The van der Waals surface area contributed by atoms with Gasteiger partial charge in [-0.2, -0.15) is 0 Å². The Bertz CT molecular complexity index is 250. The molecule has 0 aliphatic heterocycles. The number of hydrogen-bond acceptors (Lipinski definition) is 2. The van der Waals surface area contributed by atoms with Crippen LogP contribution < -0.4 is 5.32 Å². The average Bonchev–Trinajstić information content (AvgIpc) is 2.03. The van der Waals surface area contributed by atoms with Gasteiger partial charge in [-0.05, 0) is 19.1 Å². The van der Waals surface area contributed by atoms with Crippen molar-refractivity contribution in [2.45, 2.75) is 13.0 Å². The summed E-state index contributed by atoms with van der Waals surface area (Å²) >= 11 is 5.86. The number of halogens is 1. The fraction of sp³-hybridized carbons (Fsp3) is 0.333. The fourth-order valence-electron chi connectivity index (χ4n) is 0.862. The standard InChI is InChI=1S/C9H12ClNO/c1-7(12)6-11-9-5-3-2-4-8(9)10/h2-5,7,11-12H,6H2,1H3/t7-/m0/s1. The minimum Gasteiger partial charge on any atom is -0.392 e. The molecule has 0 aliphatic carbocycles. The van der Waals surface area contributed by atoms with Gasteiger partial charge in [0.2, 0.25) is 0 Å². The van der Waals surface area contributed by atoms with E-state index in [1.54, 1.807) is 6.92 Å². The third-order valence-corrected chi connectivity index (χ3v) is 1.79. The molecular weight excluding hydrogens is 174 g/mol. The van der Waals surface area contributed by atoms with Gasteiger partial charge >= 0.3 is 0 Å². The summed E-state index contributed by atoms with van der Waals surface area (Å²) < 4.78 is 0. The summed E-state index contributed by atoms with van der Waals surface area (Å²) in [4.78, 5) is 0. The Morgan fingerprint density at radius 1 is 1.50 bits per heavy atom. The van der Waals surface area contributed by atoms with Crippen LogP contribution in [-0.4, -0.2) is 17.8 Å². The maximum Gasteiger partial charge on any atom is 0.0684 e. The molecule has 0 saturated carbocycles. The smallest absolute Gasteiger partial charge is 0.0684 e. The molecule has 0 aliphatic rings. The predicted octanol–water partition coefficient (Wildman–Crippen LogP) is 2.13. The Labute approximate surface area is 77.2 Å². The quantitative estimate of drug-likeness (QED) is 0.756. The number of rotatable bonds is 3. The molecule has 0 spiro atoms. The van der Waals surface area contributed by atoms with E-state index in [-0.39, 0.29) is 6.10 Å². The molecule has 0 aromatic heterocycles. The van der Waals surface area contributed by atoms with Crippen molar-refractivity contribution in [2.24, 2.45) is 0 Å². The van der Waals surface area contributed by atoms with Gasteiger partial charge in [-0.1, -0.05) is 23.7 Å². The molecule has 0 heterocycles. The molecule has 0 saturated heterocycles. The Kier molecular flexibility index (Phi) is 3.38. The topological polar surface area (TPSA) is 32.3 Å². The van der Waals surface area contributed by atoms with E-state index in [0.717, 1.165) is 5.69 Å². The molecule has 1 aromatic carbocycles. The number of aliphatic hydroxyl groups excluding tert-OH is 1. The molecular formula is C9H12ClNO. The zero-order valence-corrected chi connectivity index (χ0v) is 7.67. The van der Waals surface area contributed by atoms with E-state index in [0.29, 0.717) is 11.6 Å². The maximum absolute atomic E-state index is 9.00. The number of hydrogen-bond donors (Lipinski definition) is 2. The second-order valence-corrected chi connectivity index (χ2v) is 3.12. The second kappa shape index (κ2) is 4.33. The van der Waals surface area contributed by atoms with Crippen LogP contribution in [0.1, 0.15) is 6.92 Å². The molecule has 0 amide bonds. The summed E-state index contributed by atoms with van der Waals surface area (Å²) in [5, 5.41) is 12.7. The first kappa shape index (κ1) is 9.36. The summed E-state index contributed by atoms with van der Waals surface area (Å²) in [6, 6.07) is 7.46. The van der Waals surface area contributed by atoms with E-state index < -0.39 is 0 Å². The summed E-state index contributed by atoms with van der Waals surface area (Å²) in [6.45, 7) is 2.24. The third-order valence-electron chi connectivity index (χ3n) is 1.46. The van der Waals surface area contributed by atoms with Gasteiger partial charge in [-0.15, -0.1) is 0 Å². The van der Waals surface area contributed by atoms with Crippen LogP contribution in [0.2, 0.25) is 5.02 Å². The van der Waals surface area contributed by atoms with Gasteiger partial charge in [-0.3, -0.25) is 0 Å². The van der Waals surface area contributed by atoms with Crippen molar-refractivity contribution < 1.29 is 5.11 Å². The minimum atomic E-state index is -0.360. The fourth-order valence-corrected chi connectivity index (χ4v) is 1.06. The number of anilines is 1. The molecule has 0 fully saturated rings. The lowest BCUT2D eigenvalue weighted by Crippen LogP contribution is -2.15. The highest BCUT2D eigenvalue weighted by Crippen LogP contribution is 2.19. The van der Waals surface area contributed by atoms with E-state index in [1.807, 2.05) is 24.3 Å². The Hall–Kier alpha value is -0.730. The van der Waals surface area contributed by atoms with Crippen LogP contribution in [0.5, 0.6) is 0 Å². The first-order valence-corrected chi connectivity index (χ1v) is 4.24. The number of nitrogens with one attached hydrogen (secondary N) is 1. The van der Waals surface area contributed by atoms with Crippen molar-refractivity contribution in [3.63, 3.8) is 0 Å². The van der Waals surface area contributed by atoms with E-state index in [1.165, 1.54) is 0 Å². The van der Waals surface area contributed by atoms with Gasteiger partial charge in [-0.25, -0.2) is 0 Å². The Morgan fingerprint density at radius 2 is 2.17 bits per heavy atom. The van der Waals surface area contributed by atoms with Gasteiger partial charge in [0, 0.05) is 6.54 Å². The molecule has 2 nitrogen and oxygen atoms in total. The zero-order chi connectivity index (χ0) is 8.97. The predicted molar refractivity (Wildman–Crippen MR) is 51.6 cm³/mol. The lowest BCUT2D eigenvalue weighted by Gasteiger charge is -2.09. The van der Waals surface area contributed by atoms with Crippen molar-refractivity contribution in [3.05, 3.63) is 29.3 Å². The van der Waals surface area contributed by atoms with Crippen LogP contribution in [0.25, 0.3) is 0 Å². The molecule has 1 rings (SSSR count). The molecule has 1 atom stereocenters. The molecule has 2 N–H and O–H groups in total. The number of aliphatic hydroxyl groups is 1. The van der Waals surface area contributed by atoms with Crippen LogP contribution in [-0.2, 0) is 0 Å². The summed E-state index contributed by atoms with van der Waals surface area (Å²) in [6.07, 6.45) is -0.360. The highest BCUT2D eigenvalue weighted by Gasteiger charge is 1.98. The van der Waals surface area contributed by atoms with E-state index >= 15 is 0 Å². The van der Waals surface area contributed by atoms with Gasteiger partial charge < -0.3 is 10.4 Å². The summed E-state index contributed by atoms with van der Waals surface area (Å²) in [5.41, 5.74) is 0.861. The molecule has 12 heavy (non-hydrogen) atoms. The first-order chi connectivity index (χ1) is 5.70. The van der Waals surface area contributed by atoms with Crippen LogP contribution >= 0.6 is 11.6 Å². The number of para-hydroxylation sites is 1. The molecule has 0 unspecified atom stereocenters. The molecule has 0 radical (unpaired) electrons. The van der Waals surface area contributed by atoms with Crippen molar-refractivity contribution in [3.8, 4) is 0 Å². The van der Waals surface area contributed by atoms with Crippen LogP contribution in [0, 0.1) is 0 Å². The normalized spacial score (nSPS) is 12.6. The second-order valence-electron chi connectivity index (χ2n) is 2.71. The minimum absolute atomic E-state index is 0.360. The van der Waals surface area contributed by atoms with Crippen LogP contribution in [0.15, 0.2) is 24.3 Å². The van der Waals surface area contributed by atoms with E-state index in [2.05, 4.69) is 5.32 Å². The van der Waals surface area contributed by atoms with Gasteiger partial charge in [0.1, 0.15) is 0 Å². The van der Waals surface area contributed by atoms with Gasteiger partial charge in [0.15, 0.2) is 0 Å². The monoisotopic (exact) mass is 185 g/mol. The molecule has 0 bridgehead atoms. The van der Waals surface area contributed by atoms with Gasteiger partial charge in [0.05, 0.1) is 16.8 Å². The lowest BCUT2D eigenvalue weighted by molar-refractivity contribution is 0.208. The number of benzene rings is 1.